The van der Waals surface area contributed by atoms with Crippen molar-refractivity contribution >= 4 is 33.0 Å². The predicted octanol–water partition coefficient (Wildman–Crippen LogP) is 5.22. The van der Waals surface area contributed by atoms with E-state index in [2.05, 4.69) is 35.1 Å². The van der Waals surface area contributed by atoms with Crippen LogP contribution in [0.25, 0.3) is 0 Å². The van der Waals surface area contributed by atoms with Crippen LogP contribution in [-0.2, 0) is 0 Å². The van der Waals surface area contributed by atoms with Crippen molar-refractivity contribution in [3.05, 3.63) is 62.6 Å². The molecule has 1 N–H and O–H groups in total. The van der Waals surface area contributed by atoms with Crippen molar-refractivity contribution in [1.82, 2.24) is 0 Å². The van der Waals surface area contributed by atoms with Crippen molar-refractivity contribution in [2.45, 2.75) is 19.8 Å². The lowest BCUT2D eigenvalue weighted by Crippen LogP contribution is -1.98. The Balaban J connectivity index is 2.33. The van der Waals surface area contributed by atoms with Crippen molar-refractivity contribution in [1.29, 1.82) is 0 Å². The molecule has 0 amide bonds. The lowest BCUT2D eigenvalue weighted by atomic mass is 10.0. The molecule has 0 saturated heterocycles. The minimum Gasteiger partial charge on any atom is -0.349 e. The van der Waals surface area contributed by atoms with E-state index in [0.717, 1.165) is 10.2 Å². The molecule has 0 aliphatic heterocycles. The van der Waals surface area contributed by atoms with Gasteiger partial charge in [0.05, 0.1) is 10.6 Å². The molecule has 20 heavy (non-hydrogen) atoms. The highest BCUT2D eigenvalue weighted by molar-refractivity contribution is 9.10. The summed E-state index contributed by atoms with van der Waals surface area (Å²) in [5.41, 5.74) is 2.57. The number of nitro groups is 1. The Morgan fingerprint density at radius 2 is 1.85 bits per heavy atom. The van der Waals surface area contributed by atoms with E-state index in [1.165, 1.54) is 11.6 Å². The minimum atomic E-state index is -0.390. The average Bonchev–Trinajstić information content (AvgIpc) is 2.41. The molecule has 0 bridgehead atoms. The molecule has 0 aliphatic carbocycles. The Hall–Kier alpha value is -1.88. The normalized spacial score (nSPS) is 10.6. The van der Waals surface area contributed by atoms with Crippen molar-refractivity contribution in [2.24, 2.45) is 0 Å². The molecule has 5 heteroatoms. The third-order valence-corrected chi connectivity index (χ3v) is 3.69. The molecule has 0 saturated carbocycles. The highest BCUT2D eigenvalue weighted by Gasteiger charge is 2.13. The van der Waals surface area contributed by atoms with Gasteiger partial charge in [-0.1, -0.05) is 32.0 Å². The monoisotopic (exact) mass is 334 g/mol. The number of nitro benzene ring substituents is 1. The van der Waals surface area contributed by atoms with Crippen LogP contribution in [0, 0.1) is 10.1 Å². The van der Waals surface area contributed by atoms with Gasteiger partial charge in [0.2, 0.25) is 0 Å². The van der Waals surface area contributed by atoms with Crippen LogP contribution in [0.2, 0.25) is 0 Å². The maximum Gasteiger partial charge on any atom is 0.292 e. The molecule has 0 atom stereocenters. The van der Waals surface area contributed by atoms with Crippen molar-refractivity contribution in [3.8, 4) is 0 Å². The number of anilines is 2. The average molecular weight is 335 g/mol. The predicted molar refractivity (Wildman–Crippen MR) is 84.6 cm³/mol. The first-order valence-electron chi connectivity index (χ1n) is 6.29. The molecule has 4 nitrogen and oxygen atoms in total. The van der Waals surface area contributed by atoms with Gasteiger partial charge in [0.15, 0.2) is 0 Å². The second kappa shape index (κ2) is 6.05. The second-order valence-corrected chi connectivity index (χ2v) is 5.65. The standard InChI is InChI=1S/C15H15BrN2O2/c1-10(2)11-7-8-13(12(16)9-11)17-14-5-3-4-6-15(14)18(19)20/h3-10,17H,1-2H3. The lowest BCUT2D eigenvalue weighted by Gasteiger charge is -2.12. The first-order valence-corrected chi connectivity index (χ1v) is 7.08. The van der Waals surface area contributed by atoms with Crippen molar-refractivity contribution < 1.29 is 4.92 Å². The second-order valence-electron chi connectivity index (χ2n) is 4.79. The molecule has 104 valence electrons. The number of hydrogen-bond donors (Lipinski definition) is 1. The summed E-state index contributed by atoms with van der Waals surface area (Å²) in [6, 6.07) is 12.6. The largest absolute Gasteiger partial charge is 0.349 e. The van der Waals surface area contributed by atoms with Gasteiger partial charge in [-0.3, -0.25) is 10.1 Å². The van der Waals surface area contributed by atoms with Crippen LogP contribution in [-0.4, -0.2) is 4.92 Å². The molecule has 0 radical (unpaired) electrons. The molecule has 0 unspecified atom stereocenters. The van der Waals surface area contributed by atoms with Crippen LogP contribution < -0.4 is 5.32 Å². The van der Waals surface area contributed by atoms with Gasteiger partial charge in [-0.25, -0.2) is 0 Å². The van der Waals surface area contributed by atoms with Crippen LogP contribution >= 0.6 is 15.9 Å². The Kier molecular flexibility index (Phi) is 4.39. The number of para-hydroxylation sites is 2. The zero-order valence-corrected chi connectivity index (χ0v) is 12.8. The number of benzene rings is 2. The Morgan fingerprint density at radius 3 is 2.45 bits per heavy atom. The van der Waals surface area contributed by atoms with Crippen molar-refractivity contribution in [3.63, 3.8) is 0 Å². The summed E-state index contributed by atoms with van der Waals surface area (Å²) >= 11 is 3.50. The summed E-state index contributed by atoms with van der Waals surface area (Å²) in [5.74, 6) is 0.436. The molecular weight excluding hydrogens is 320 g/mol. The van der Waals surface area contributed by atoms with E-state index in [0.29, 0.717) is 11.6 Å². The van der Waals surface area contributed by atoms with Gasteiger partial charge in [0.1, 0.15) is 5.69 Å². The summed E-state index contributed by atoms with van der Waals surface area (Å²) < 4.78 is 0.891. The Labute approximate surface area is 126 Å². The van der Waals surface area contributed by atoms with E-state index in [9.17, 15) is 10.1 Å². The van der Waals surface area contributed by atoms with Crippen molar-refractivity contribution in [2.75, 3.05) is 5.32 Å². The first-order chi connectivity index (χ1) is 9.49. The quantitative estimate of drug-likeness (QED) is 0.615. The summed E-state index contributed by atoms with van der Waals surface area (Å²) in [4.78, 5) is 10.6. The van der Waals surface area contributed by atoms with Crippen LogP contribution in [0.1, 0.15) is 25.3 Å². The number of nitrogens with one attached hydrogen (secondary N) is 1. The molecule has 0 spiro atoms. The SMILES string of the molecule is CC(C)c1ccc(Nc2ccccc2[N+](=O)[O-])c(Br)c1. The number of rotatable bonds is 4. The van der Waals surface area contributed by atoms with Gasteiger partial charge in [0, 0.05) is 10.5 Å². The number of nitrogens with zero attached hydrogens (tertiary/aromatic N) is 1. The first kappa shape index (κ1) is 14.5. The van der Waals surface area contributed by atoms with E-state index in [4.69, 9.17) is 0 Å². The molecule has 0 fully saturated rings. The van der Waals surface area contributed by atoms with Gasteiger partial charge >= 0.3 is 0 Å². The fourth-order valence-corrected chi connectivity index (χ4v) is 2.37. The molecular formula is C15H15BrN2O2. The summed E-state index contributed by atoms with van der Waals surface area (Å²) in [6.45, 7) is 4.24. The van der Waals surface area contributed by atoms with Gasteiger partial charge in [-0.15, -0.1) is 0 Å². The minimum absolute atomic E-state index is 0.0623. The van der Waals surface area contributed by atoms with E-state index >= 15 is 0 Å². The van der Waals surface area contributed by atoms with E-state index < -0.39 is 4.92 Å². The highest BCUT2D eigenvalue weighted by Crippen LogP contribution is 2.32. The molecule has 0 heterocycles. The summed E-state index contributed by atoms with van der Waals surface area (Å²) in [5, 5.41) is 14.1. The topological polar surface area (TPSA) is 55.2 Å². The molecule has 2 aromatic carbocycles. The van der Waals surface area contributed by atoms with Crippen LogP contribution in [0.4, 0.5) is 17.1 Å². The van der Waals surface area contributed by atoms with Gasteiger partial charge in [-0.05, 0) is 45.6 Å². The Bertz CT molecular complexity index is 642. The third kappa shape index (κ3) is 3.17. The fourth-order valence-electron chi connectivity index (χ4n) is 1.88. The maximum absolute atomic E-state index is 11.0. The van der Waals surface area contributed by atoms with Gasteiger partial charge in [-0.2, -0.15) is 0 Å². The third-order valence-electron chi connectivity index (χ3n) is 3.03. The zero-order chi connectivity index (χ0) is 14.7. The summed E-state index contributed by atoms with van der Waals surface area (Å²) in [7, 11) is 0. The molecule has 2 aromatic rings. The summed E-state index contributed by atoms with van der Waals surface area (Å²) in [6.07, 6.45) is 0. The van der Waals surface area contributed by atoms with Crippen LogP contribution in [0.5, 0.6) is 0 Å². The molecule has 0 aliphatic rings. The van der Waals surface area contributed by atoms with Crippen LogP contribution in [0.15, 0.2) is 46.9 Å². The zero-order valence-electron chi connectivity index (χ0n) is 11.3. The van der Waals surface area contributed by atoms with E-state index in [1.54, 1.807) is 18.2 Å². The number of hydrogen-bond acceptors (Lipinski definition) is 3. The Morgan fingerprint density at radius 1 is 1.15 bits per heavy atom. The molecule has 2 rings (SSSR count). The number of halogens is 1. The van der Waals surface area contributed by atoms with E-state index in [-0.39, 0.29) is 5.69 Å². The van der Waals surface area contributed by atoms with Crippen LogP contribution in [0.3, 0.4) is 0 Å². The van der Waals surface area contributed by atoms with E-state index in [1.807, 2.05) is 18.2 Å². The maximum atomic E-state index is 11.0. The van der Waals surface area contributed by atoms with Gasteiger partial charge < -0.3 is 5.32 Å². The smallest absolute Gasteiger partial charge is 0.292 e. The van der Waals surface area contributed by atoms with Gasteiger partial charge in [0.25, 0.3) is 5.69 Å². The highest BCUT2D eigenvalue weighted by atomic mass is 79.9. The lowest BCUT2D eigenvalue weighted by molar-refractivity contribution is -0.383. The molecule has 0 aromatic heterocycles. The fraction of sp³-hybridized carbons (Fsp3) is 0.200.